The first-order valence-electron chi connectivity index (χ1n) is 8.54. The first-order chi connectivity index (χ1) is 13.3. The highest BCUT2D eigenvalue weighted by Gasteiger charge is 2.18. The second-order valence-electron chi connectivity index (χ2n) is 6.39. The lowest BCUT2D eigenvalue weighted by Gasteiger charge is -2.14. The predicted molar refractivity (Wildman–Crippen MR) is 107 cm³/mol. The average Bonchev–Trinajstić information content (AvgIpc) is 2.67. The molecule has 28 heavy (non-hydrogen) atoms. The maximum absolute atomic E-state index is 14.5. The fraction of sp³-hybridized carbons (Fsp3) is 0.0952. The molecule has 1 unspecified atom stereocenters. The predicted octanol–water partition coefficient (Wildman–Crippen LogP) is 3.88. The highest BCUT2D eigenvalue weighted by molar-refractivity contribution is 7.89. The zero-order valence-electron chi connectivity index (χ0n) is 15.1. The summed E-state index contributed by atoms with van der Waals surface area (Å²) in [4.78, 5) is 12.4. The summed E-state index contributed by atoms with van der Waals surface area (Å²) in [6.07, 6.45) is 0. The van der Waals surface area contributed by atoms with Crippen LogP contribution in [0.2, 0.25) is 0 Å². The Morgan fingerprint density at radius 3 is 2.21 bits per heavy atom. The van der Waals surface area contributed by atoms with Crippen LogP contribution >= 0.6 is 0 Å². The molecular formula is C21H19FN2O3S. The Kier molecular flexibility index (Phi) is 5.58. The molecule has 0 aromatic heterocycles. The molecule has 0 aliphatic rings. The van der Waals surface area contributed by atoms with Crippen molar-refractivity contribution in [1.29, 1.82) is 0 Å². The van der Waals surface area contributed by atoms with Gasteiger partial charge in [0.2, 0.25) is 15.9 Å². The Morgan fingerprint density at radius 1 is 1.00 bits per heavy atom. The van der Waals surface area contributed by atoms with Gasteiger partial charge in [-0.2, -0.15) is 0 Å². The van der Waals surface area contributed by atoms with Gasteiger partial charge in [0.15, 0.2) is 0 Å². The first-order valence-corrected chi connectivity index (χ1v) is 10.1. The number of amides is 1. The summed E-state index contributed by atoms with van der Waals surface area (Å²) >= 11 is 0. The number of nitrogens with one attached hydrogen (secondary N) is 1. The molecule has 1 amide bonds. The van der Waals surface area contributed by atoms with Crippen LogP contribution in [-0.2, 0) is 14.8 Å². The maximum atomic E-state index is 14.5. The van der Waals surface area contributed by atoms with Gasteiger partial charge in [0, 0.05) is 11.3 Å². The minimum Gasteiger partial charge on any atom is -0.326 e. The van der Waals surface area contributed by atoms with Crippen molar-refractivity contribution in [1.82, 2.24) is 0 Å². The fourth-order valence-electron chi connectivity index (χ4n) is 2.78. The molecular weight excluding hydrogens is 379 g/mol. The van der Waals surface area contributed by atoms with E-state index in [0.29, 0.717) is 16.8 Å². The van der Waals surface area contributed by atoms with Crippen LogP contribution in [0.25, 0.3) is 11.1 Å². The topological polar surface area (TPSA) is 89.3 Å². The Labute approximate surface area is 163 Å². The molecule has 0 fully saturated rings. The largest absolute Gasteiger partial charge is 0.326 e. The number of benzene rings is 3. The molecule has 0 bridgehead atoms. The smallest absolute Gasteiger partial charge is 0.238 e. The van der Waals surface area contributed by atoms with Crippen molar-refractivity contribution in [3.8, 4) is 11.1 Å². The SMILES string of the molecule is CC(C(=O)Nc1ccc(S(N)(=O)=O)cc1)c1ccc(-c2ccccc2)c(F)c1. The van der Waals surface area contributed by atoms with Crippen molar-refractivity contribution in [2.45, 2.75) is 17.7 Å². The molecule has 0 saturated carbocycles. The van der Waals surface area contributed by atoms with Gasteiger partial charge in [0.25, 0.3) is 0 Å². The molecule has 7 heteroatoms. The van der Waals surface area contributed by atoms with E-state index in [0.717, 1.165) is 5.56 Å². The monoisotopic (exact) mass is 398 g/mol. The van der Waals surface area contributed by atoms with Gasteiger partial charge in [-0.1, -0.05) is 42.5 Å². The summed E-state index contributed by atoms with van der Waals surface area (Å²) in [5.74, 6) is -1.34. The number of sulfonamides is 1. The van der Waals surface area contributed by atoms with E-state index in [1.807, 2.05) is 30.3 Å². The van der Waals surface area contributed by atoms with Crippen LogP contribution in [0, 0.1) is 5.82 Å². The van der Waals surface area contributed by atoms with Crippen molar-refractivity contribution in [3.05, 3.63) is 84.2 Å². The fourth-order valence-corrected chi connectivity index (χ4v) is 3.30. The summed E-state index contributed by atoms with van der Waals surface area (Å²) in [6, 6.07) is 19.4. The lowest BCUT2D eigenvalue weighted by atomic mass is 9.96. The van der Waals surface area contributed by atoms with Crippen LogP contribution in [0.15, 0.2) is 77.7 Å². The second-order valence-corrected chi connectivity index (χ2v) is 7.95. The standard InChI is InChI=1S/C21H19FN2O3S/c1-14(21(25)24-17-8-10-18(11-9-17)28(23,26)27)16-7-12-19(20(22)13-16)15-5-3-2-4-6-15/h2-14H,1H3,(H,24,25)(H2,23,26,27). The van der Waals surface area contributed by atoms with Crippen molar-refractivity contribution in [2.24, 2.45) is 5.14 Å². The van der Waals surface area contributed by atoms with E-state index < -0.39 is 21.8 Å². The summed E-state index contributed by atoms with van der Waals surface area (Å²) in [5.41, 5.74) is 2.19. The maximum Gasteiger partial charge on any atom is 0.238 e. The van der Waals surface area contributed by atoms with E-state index >= 15 is 0 Å². The van der Waals surface area contributed by atoms with Crippen molar-refractivity contribution < 1.29 is 17.6 Å². The van der Waals surface area contributed by atoms with E-state index in [1.54, 1.807) is 19.1 Å². The normalized spacial score (nSPS) is 12.4. The zero-order chi connectivity index (χ0) is 20.3. The van der Waals surface area contributed by atoms with E-state index in [9.17, 15) is 17.6 Å². The lowest BCUT2D eigenvalue weighted by Crippen LogP contribution is -2.19. The van der Waals surface area contributed by atoms with Gasteiger partial charge in [0.05, 0.1) is 10.8 Å². The quantitative estimate of drug-likeness (QED) is 0.683. The van der Waals surface area contributed by atoms with Crippen molar-refractivity contribution >= 4 is 21.6 Å². The van der Waals surface area contributed by atoms with Gasteiger partial charge >= 0.3 is 0 Å². The van der Waals surface area contributed by atoms with Gasteiger partial charge in [-0.05, 0) is 48.4 Å². The molecule has 0 aliphatic heterocycles. The highest BCUT2D eigenvalue weighted by atomic mass is 32.2. The van der Waals surface area contributed by atoms with Crippen LogP contribution in [0.1, 0.15) is 18.4 Å². The van der Waals surface area contributed by atoms with E-state index in [2.05, 4.69) is 5.32 Å². The number of carbonyl (C=O) groups excluding carboxylic acids is 1. The van der Waals surface area contributed by atoms with E-state index in [1.165, 1.54) is 30.3 Å². The Morgan fingerprint density at radius 2 is 1.64 bits per heavy atom. The van der Waals surface area contributed by atoms with Gasteiger partial charge in [0.1, 0.15) is 5.82 Å². The molecule has 1 atom stereocenters. The third-order valence-corrected chi connectivity index (χ3v) is 5.35. The van der Waals surface area contributed by atoms with Gasteiger partial charge < -0.3 is 5.32 Å². The summed E-state index contributed by atoms with van der Waals surface area (Å²) in [5, 5.41) is 7.74. The Bertz CT molecular complexity index is 1100. The molecule has 0 saturated heterocycles. The zero-order valence-corrected chi connectivity index (χ0v) is 15.9. The molecule has 3 aromatic rings. The molecule has 0 heterocycles. The molecule has 5 nitrogen and oxygen atoms in total. The minimum absolute atomic E-state index is 0.0443. The first kappa shape index (κ1) is 19.7. The van der Waals surface area contributed by atoms with Gasteiger partial charge in [-0.25, -0.2) is 17.9 Å². The van der Waals surface area contributed by atoms with Crippen LogP contribution in [0.3, 0.4) is 0 Å². The summed E-state index contributed by atoms with van der Waals surface area (Å²) in [6.45, 7) is 1.67. The van der Waals surface area contributed by atoms with Crippen LogP contribution < -0.4 is 10.5 Å². The summed E-state index contributed by atoms with van der Waals surface area (Å²) in [7, 11) is -3.79. The van der Waals surface area contributed by atoms with Crippen LogP contribution in [-0.4, -0.2) is 14.3 Å². The van der Waals surface area contributed by atoms with Crippen LogP contribution in [0.4, 0.5) is 10.1 Å². The average molecular weight is 398 g/mol. The Hall–Kier alpha value is -3.03. The summed E-state index contributed by atoms with van der Waals surface area (Å²) < 4.78 is 37.1. The molecule has 3 N–H and O–H groups in total. The molecule has 144 valence electrons. The lowest BCUT2D eigenvalue weighted by molar-refractivity contribution is -0.117. The molecule has 0 spiro atoms. The number of anilines is 1. The third-order valence-electron chi connectivity index (χ3n) is 4.42. The molecule has 0 radical (unpaired) electrons. The molecule has 0 aliphatic carbocycles. The third kappa shape index (κ3) is 4.44. The number of primary sulfonamides is 1. The number of hydrogen-bond acceptors (Lipinski definition) is 3. The highest BCUT2D eigenvalue weighted by Crippen LogP contribution is 2.27. The van der Waals surface area contributed by atoms with Crippen LogP contribution in [0.5, 0.6) is 0 Å². The van der Waals surface area contributed by atoms with Gasteiger partial charge in [-0.15, -0.1) is 0 Å². The number of carbonyl (C=O) groups is 1. The van der Waals surface area contributed by atoms with Crippen molar-refractivity contribution in [3.63, 3.8) is 0 Å². The van der Waals surface area contributed by atoms with Crippen molar-refractivity contribution in [2.75, 3.05) is 5.32 Å². The number of halogens is 1. The number of nitrogens with two attached hydrogens (primary N) is 1. The Balaban J connectivity index is 1.75. The molecule has 3 rings (SSSR count). The second kappa shape index (κ2) is 7.92. The van der Waals surface area contributed by atoms with E-state index in [-0.39, 0.29) is 10.8 Å². The number of rotatable bonds is 5. The number of hydrogen-bond donors (Lipinski definition) is 2. The minimum atomic E-state index is -3.79. The molecule has 3 aromatic carbocycles. The van der Waals surface area contributed by atoms with E-state index in [4.69, 9.17) is 5.14 Å². The van der Waals surface area contributed by atoms with Gasteiger partial charge in [-0.3, -0.25) is 4.79 Å².